The van der Waals surface area contributed by atoms with E-state index in [4.69, 9.17) is 10.1 Å². The molecule has 1 saturated heterocycles. The Morgan fingerprint density at radius 1 is 1.30 bits per heavy atom. The maximum Gasteiger partial charge on any atom is 0.260 e. The van der Waals surface area contributed by atoms with Crippen LogP contribution in [0, 0.1) is 5.41 Å². The normalized spacial score (nSPS) is 20.4. The molecule has 3 heterocycles. The molecule has 2 aromatic heterocycles. The minimum absolute atomic E-state index is 0.0288. The number of aromatic nitrogens is 2. The molecular formula is C20H24N5O2+. The summed E-state index contributed by atoms with van der Waals surface area (Å²) in [5, 5.41) is 22.2. The van der Waals surface area contributed by atoms with E-state index < -0.39 is 0 Å². The van der Waals surface area contributed by atoms with Gasteiger partial charge in [0.2, 0.25) is 0 Å². The number of hydrogen-bond donors (Lipinski definition) is 2. The zero-order valence-corrected chi connectivity index (χ0v) is 15.4. The fourth-order valence-electron chi connectivity index (χ4n) is 3.59. The van der Waals surface area contributed by atoms with E-state index in [2.05, 4.69) is 17.1 Å². The van der Waals surface area contributed by atoms with Gasteiger partial charge >= 0.3 is 0 Å². The standard InChI is InChI=1S/C20H23N5O2/c1-25(10-4-5-11-25)12-13-27-20-19(17-6-2-3-9-24(17)23-20)22-16-8-7-15(21)14-18(16)26/h2-3,6-9,14H,4-5,10-13H2,1H3,(H-,21,26)/p+1/b22-16+. The number of aliphatic hydroxyl groups excluding tert-OH is 1. The molecule has 1 aliphatic carbocycles. The van der Waals surface area contributed by atoms with Crippen LogP contribution >= 0.6 is 0 Å². The molecule has 7 heteroatoms. The van der Waals surface area contributed by atoms with Crippen molar-refractivity contribution in [2.75, 3.05) is 33.3 Å². The van der Waals surface area contributed by atoms with Crippen LogP contribution in [-0.2, 0) is 0 Å². The number of nitrogens with one attached hydrogen (secondary N) is 1. The van der Waals surface area contributed by atoms with Gasteiger partial charge in [-0.1, -0.05) is 6.07 Å². The first kappa shape index (κ1) is 17.5. The van der Waals surface area contributed by atoms with Crippen LogP contribution in [0.3, 0.4) is 0 Å². The van der Waals surface area contributed by atoms with E-state index in [1.807, 2.05) is 24.4 Å². The summed E-state index contributed by atoms with van der Waals surface area (Å²) < 4.78 is 8.79. The lowest BCUT2D eigenvalue weighted by Crippen LogP contribution is -2.43. The van der Waals surface area contributed by atoms with E-state index in [-0.39, 0.29) is 11.5 Å². The van der Waals surface area contributed by atoms with Gasteiger partial charge in [0.1, 0.15) is 24.6 Å². The third kappa shape index (κ3) is 3.64. The second-order valence-corrected chi connectivity index (χ2v) is 7.35. The first-order valence-electron chi connectivity index (χ1n) is 9.24. The molecule has 0 spiro atoms. The summed E-state index contributed by atoms with van der Waals surface area (Å²) in [4.78, 5) is 4.59. The number of nitrogens with zero attached hydrogens (tertiary/aromatic N) is 4. The summed E-state index contributed by atoms with van der Waals surface area (Å²) in [7, 11) is 2.27. The Hall–Kier alpha value is -2.93. The molecule has 140 valence electrons. The summed E-state index contributed by atoms with van der Waals surface area (Å²) in [6.07, 6.45) is 9.01. The lowest BCUT2D eigenvalue weighted by molar-refractivity contribution is -0.897. The van der Waals surface area contributed by atoms with E-state index >= 15 is 0 Å². The average molecular weight is 366 g/mol. The van der Waals surface area contributed by atoms with Crippen molar-refractivity contribution in [1.29, 1.82) is 5.41 Å². The lowest BCUT2D eigenvalue weighted by Gasteiger charge is -2.28. The number of pyridine rings is 1. The van der Waals surface area contributed by atoms with Crippen LogP contribution in [0.4, 0.5) is 5.69 Å². The van der Waals surface area contributed by atoms with E-state index in [0.717, 1.165) is 16.5 Å². The monoisotopic (exact) mass is 366 g/mol. The van der Waals surface area contributed by atoms with E-state index in [9.17, 15) is 5.11 Å². The third-order valence-electron chi connectivity index (χ3n) is 5.21. The van der Waals surface area contributed by atoms with Crippen LogP contribution in [0.5, 0.6) is 5.88 Å². The number of rotatable bonds is 5. The molecular weight excluding hydrogens is 342 g/mol. The van der Waals surface area contributed by atoms with Gasteiger partial charge in [-0.3, -0.25) is 0 Å². The zero-order valence-electron chi connectivity index (χ0n) is 15.4. The van der Waals surface area contributed by atoms with E-state index in [1.165, 1.54) is 32.0 Å². The molecule has 0 saturated carbocycles. The number of aliphatic hydroxyl groups is 1. The van der Waals surface area contributed by atoms with Gasteiger partial charge < -0.3 is 19.7 Å². The van der Waals surface area contributed by atoms with Crippen molar-refractivity contribution in [2.24, 2.45) is 4.99 Å². The average Bonchev–Trinajstić information content (AvgIpc) is 3.22. The molecule has 0 unspecified atom stereocenters. The number of fused-ring (bicyclic) bond motifs is 1. The Bertz CT molecular complexity index is 964. The molecule has 7 nitrogen and oxygen atoms in total. The predicted octanol–water partition coefficient (Wildman–Crippen LogP) is 3.06. The van der Waals surface area contributed by atoms with Crippen molar-refractivity contribution in [3.63, 3.8) is 0 Å². The lowest BCUT2D eigenvalue weighted by atomic mass is 10.1. The fourth-order valence-corrected chi connectivity index (χ4v) is 3.59. The maximum absolute atomic E-state index is 10.1. The van der Waals surface area contributed by atoms with Crippen molar-refractivity contribution in [2.45, 2.75) is 12.8 Å². The molecule has 27 heavy (non-hydrogen) atoms. The van der Waals surface area contributed by atoms with E-state index in [1.54, 1.807) is 16.7 Å². The van der Waals surface area contributed by atoms with Gasteiger partial charge in [0, 0.05) is 25.1 Å². The number of aliphatic imine (C=N–C) groups is 1. The second-order valence-electron chi connectivity index (χ2n) is 7.35. The number of allylic oxidation sites excluding steroid dienone is 3. The topological polar surface area (TPSA) is 83.0 Å². The maximum atomic E-state index is 10.1. The van der Waals surface area contributed by atoms with Crippen molar-refractivity contribution in [1.82, 2.24) is 9.61 Å². The Morgan fingerprint density at radius 3 is 2.89 bits per heavy atom. The molecule has 2 aliphatic rings. The van der Waals surface area contributed by atoms with Crippen LogP contribution in [0.25, 0.3) is 5.52 Å². The van der Waals surface area contributed by atoms with Crippen LogP contribution < -0.4 is 4.74 Å². The Morgan fingerprint density at radius 2 is 2.11 bits per heavy atom. The number of hydrogen-bond acceptors (Lipinski definition) is 5. The molecule has 0 amide bonds. The van der Waals surface area contributed by atoms with Gasteiger partial charge in [0.05, 0.1) is 31.4 Å². The zero-order chi connectivity index (χ0) is 18.9. The summed E-state index contributed by atoms with van der Waals surface area (Å²) >= 11 is 0. The molecule has 0 aromatic carbocycles. The van der Waals surface area contributed by atoms with Crippen LogP contribution in [-0.4, -0.2) is 63.9 Å². The third-order valence-corrected chi connectivity index (χ3v) is 5.21. The van der Waals surface area contributed by atoms with Gasteiger partial charge in [0.15, 0.2) is 5.69 Å². The number of likely N-dealkylation sites (N-methyl/N-ethyl adjacent to an activating group) is 1. The van der Waals surface area contributed by atoms with Gasteiger partial charge in [-0.05, 0) is 24.3 Å². The highest BCUT2D eigenvalue weighted by atomic mass is 16.5. The molecule has 2 aromatic rings. The highest BCUT2D eigenvalue weighted by Gasteiger charge is 2.27. The first-order valence-corrected chi connectivity index (χ1v) is 9.24. The van der Waals surface area contributed by atoms with E-state index in [0.29, 0.717) is 23.9 Å². The molecule has 0 bridgehead atoms. The van der Waals surface area contributed by atoms with Gasteiger partial charge in [0.25, 0.3) is 5.88 Å². The highest BCUT2D eigenvalue weighted by molar-refractivity contribution is 6.20. The summed E-state index contributed by atoms with van der Waals surface area (Å²) in [5.41, 5.74) is 2.04. The predicted molar refractivity (Wildman–Crippen MR) is 105 cm³/mol. The Labute approximate surface area is 158 Å². The SMILES string of the molecule is C[N+]1(CCOc2nn3ccccc3c2/N=C2\C=CC(=N)C=C2O)CCCC1. The van der Waals surface area contributed by atoms with Gasteiger partial charge in [-0.25, -0.2) is 9.51 Å². The molecule has 4 rings (SSSR count). The molecule has 0 atom stereocenters. The second kappa shape index (κ2) is 7.00. The number of ether oxygens (including phenoxy) is 1. The van der Waals surface area contributed by atoms with Crippen LogP contribution in [0.2, 0.25) is 0 Å². The van der Waals surface area contributed by atoms with Crippen LogP contribution in [0.15, 0.2) is 53.4 Å². The quantitative estimate of drug-likeness (QED) is 0.630. The summed E-state index contributed by atoms with van der Waals surface area (Å²) in [5.74, 6) is 0.431. The van der Waals surface area contributed by atoms with Crippen molar-refractivity contribution in [3.05, 3.63) is 48.4 Å². The minimum Gasteiger partial charge on any atom is -0.506 e. The summed E-state index contributed by atoms with van der Waals surface area (Å²) in [6.45, 7) is 3.89. The van der Waals surface area contributed by atoms with Gasteiger partial charge in [-0.15, -0.1) is 5.10 Å². The van der Waals surface area contributed by atoms with Crippen molar-refractivity contribution >= 4 is 22.6 Å². The Kier molecular flexibility index (Phi) is 4.53. The number of quaternary nitrogens is 1. The van der Waals surface area contributed by atoms with Gasteiger partial charge in [-0.2, -0.15) is 0 Å². The Balaban J connectivity index is 1.62. The smallest absolute Gasteiger partial charge is 0.260 e. The largest absolute Gasteiger partial charge is 0.506 e. The molecule has 1 aliphatic heterocycles. The summed E-state index contributed by atoms with van der Waals surface area (Å²) in [6, 6.07) is 5.74. The first-order chi connectivity index (χ1) is 13.0. The molecule has 0 radical (unpaired) electrons. The number of likely N-dealkylation sites (tertiary alicyclic amines) is 1. The molecule has 1 fully saturated rings. The van der Waals surface area contributed by atoms with Crippen molar-refractivity contribution < 1.29 is 14.3 Å². The molecule has 2 N–H and O–H groups in total. The fraction of sp³-hybridized carbons (Fsp3) is 0.350. The minimum atomic E-state index is -0.0288. The van der Waals surface area contributed by atoms with Crippen LogP contribution in [0.1, 0.15) is 12.8 Å². The highest BCUT2D eigenvalue weighted by Crippen LogP contribution is 2.33. The van der Waals surface area contributed by atoms with Crippen molar-refractivity contribution in [3.8, 4) is 5.88 Å².